The van der Waals surface area contributed by atoms with Crippen molar-refractivity contribution in [2.75, 3.05) is 0 Å². The van der Waals surface area contributed by atoms with Crippen LogP contribution in [0.1, 0.15) is 35.3 Å². The highest BCUT2D eigenvalue weighted by Gasteiger charge is 2.38. The molecule has 0 radical (unpaired) electrons. The van der Waals surface area contributed by atoms with E-state index in [4.69, 9.17) is 9.47 Å². The molecule has 2 aromatic rings. The first kappa shape index (κ1) is 29.7. The Hall–Kier alpha value is -4.55. The van der Waals surface area contributed by atoms with Gasteiger partial charge in [0.25, 0.3) is 0 Å². The van der Waals surface area contributed by atoms with Crippen LogP contribution in [0.2, 0.25) is 0 Å². The molecule has 0 heterocycles. The summed E-state index contributed by atoms with van der Waals surface area (Å²) < 4.78 is 100. The van der Waals surface area contributed by atoms with Crippen molar-refractivity contribution in [3.05, 3.63) is 89.9 Å². The van der Waals surface area contributed by atoms with Gasteiger partial charge in [0.05, 0.1) is 11.1 Å². The molecule has 13 heteroatoms. The summed E-state index contributed by atoms with van der Waals surface area (Å²) in [5.74, 6) is -5.71. The predicted octanol–water partition coefficient (Wildman–Crippen LogP) is 6.39. The Labute approximate surface area is 211 Å². The second-order valence-corrected chi connectivity index (χ2v) is 7.50. The maximum Gasteiger partial charge on any atom is 0.420 e. The summed E-state index contributed by atoms with van der Waals surface area (Å²) in [6, 6.07) is 3.82. The van der Waals surface area contributed by atoms with Crippen molar-refractivity contribution in [3.8, 4) is 17.2 Å². The van der Waals surface area contributed by atoms with Crippen LogP contribution in [0.3, 0.4) is 0 Å². The zero-order valence-electron chi connectivity index (χ0n) is 19.7. The molecule has 2 rings (SSSR count). The summed E-state index contributed by atoms with van der Waals surface area (Å²) in [6.45, 7) is 9.14. The predicted molar refractivity (Wildman–Crippen MR) is 119 cm³/mol. The van der Waals surface area contributed by atoms with Gasteiger partial charge < -0.3 is 18.9 Å². The molecule has 2 aromatic carbocycles. The number of hydrogen-bond donors (Lipinski definition) is 0. The van der Waals surface area contributed by atoms with Gasteiger partial charge >= 0.3 is 30.3 Å². The van der Waals surface area contributed by atoms with Crippen molar-refractivity contribution in [1.82, 2.24) is 0 Å². The first-order valence-electron chi connectivity index (χ1n) is 10.2. The lowest BCUT2D eigenvalue weighted by Crippen LogP contribution is -2.18. The molecule has 0 fully saturated rings. The van der Waals surface area contributed by atoms with Gasteiger partial charge in [-0.05, 0) is 50.2 Å². The fourth-order valence-corrected chi connectivity index (χ4v) is 2.54. The van der Waals surface area contributed by atoms with E-state index < -0.39 is 64.2 Å². The van der Waals surface area contributed by atoms with Crippen LogP contribution in [0, 0.1) is 0 Å². The number of hydrogen-bond acceptors (Lipinski definition) is 7. The number of alkyl halides is 6. The summed E-state index contributed by atoms with van der Waals surface area (Å²) in [6.07, 6.45) is -8.66. The van der Waals surface area contributed by atoms with Gasteiger partial charge in [0.1, 0.15) is 35.3 Å². The van der Waals surface area contributed by atoms with Crippen molar-refractivity contribution in [1.29, 1.82) is 0 Å². The average molecular weight is 544 g/mol. The van der Waals surface area contributed by atoms with Gasteiger partial charge in [0.15, 0.2) is 0 Å². The zero-order valence-corrected chi connectivity index (χ0v) is 19.7. The molecule has 0 atom stereocenters. The van der Waals surface area contributed by atoms with E-state index in [1.165, 1.54) is 13.8 Å². The lowest BCUT2D eigenvalue weighted by atomic mass is 10.1. The highest BCUT2D eigenvalue weighted by atomic mass is 19.4. The largest absolute Gasteiger partial charge is 0.462 e. The van der Waals surface area contributed by atoms with Crippen LogP contribution in [0.15, 0.2) is 73.2 Å². The van der Waals surface area contributed by atoms with Crippen molar-refractivity contribution in [2.45, 2.75) is 26.2 Å². The second-order valence-electron chi connectivity index (χ2n) is 7.50. The van der Waals surface area contributed by atoms with Gasteiger partial charge in [-0.15, -0.1) is 0 Å². The molecule has 0 aliphatic heterocycles. The molecule has 0 N–H and O–H groups in total. The van der Waals surface area contributed by atoms with Gasteiger partial charge in [-0.3, -0.25) is 0 Å². The third kappa shape index (κ3) is 7.98. The topological polar surface area (TPSA) is 88.1 Å². The summed E-state index contributed by atoms with van der Waals surface area (Å²) in [5, 5.41) is 0. The Morgan fingerprint density at radius 1 is 0.737 bits per heavy atom. The van der Waals surface area contributed by atoms with Crippen LogP contribution in [0.25, 0.3) is 0 Å². The monoisotopic (exact) mass is 544 g/mol. The average Bonchev–Trinajstić information content (AvgIpc) is 2.81. The van der Waals surface area contributed by atoms with Crippen molar-refractivity contribution in [2.24, 2.45) is 0 Å². The molecule has 0 spiro atoms. The summed E-state index contributed by atoms with van der Waals surface area (Å²) in [7, 11) is 0. The first-order valence-corrected chi connectivity index (χ1v) is 10.2. The van der Waals surface area contributed by atoms with E-state index in [1.807, 2.05) is 0 Å². The Morgan fingerprint density at radius 3 is 1.84 bits per heavy atom. The first-order chi connectivity index (χ1) is 17.5. The van der Waals surface area contributed by atoms with E-state index in [9.17, 15) is 40.7 Å². The van der Waals surface area contributed by atoms with E-state index in [2.05, 4.69) is 22.6 Å². The molecule has 0 saturated heterocycles. The number of benzene rings is 2. The maximum absolute atomic E-state index is 13.6. The molecular weight excluding hydrogens is 526 g/mol. The van der Waals surface area contributed by atoms with E-state index in [1.54, 1.807) is 0 Å². The number of carbonyl (C=O) groups excluding carboxylic acids is 3. The molecule has 0 aliphatic carbocycles. The van der Waals surface area contributed by atoms with Gasteiger partial charge in [0.2, 0.25) is 0 Å². The Bertz CT molecular complexity index is 1310. The molecule has 202 valence electrons. The van der Waals surface area contributed by atoms with Crippen LogP contribution in [-0.4, -0.2) is 17.9 Å². The van der Waals surface area contributed by atoms with Crippen molar-refractivity contribution in [3.63, 3.8) is 0 Å². The molecule has 0 aromatic heterocycles. The SMILES string of the molecule is C=C(C)C(=O)OC=COc1ccc(C(=O)Oc2ccc(OC(=O)C(=C)C)c(C(F)(F)F)c2)c(C(F)(F)F)c1. The molecule has 7 nitrogen and oxygen atoms in total. The van der Waals surface area contributed by atoms with E-state index >= 15 is 0 Å². The second kappa shape index (κ2) is 11.7. The fourth-order valence-electron chi connectivity index (χ4n) is 2.54. The van der Waals surface area contributed by atoms with Gasteiger partial charge in [0, 0.05) is 11.1 Å². The molecule has 0 unspecified atom stereocenters. The molecule has 0 amide bonds. The normalized spacial score (nSPS) is 11.6. The van der Waals surface area contributed by atoms with Crippen LogP contribution in [-0.2, 0) is 26.7 Å². The number of rotatable bonds is 8. The molecule has 0 saturated carbocycles. The third-order valence-corrected chi connectivity index (χ3v) is 4.32. The van der Waals surface area contributed by atoms with Gasteiger partial charge in [-0.25, -0.2) is 14.4 Å². The van der Waals surface area contributed by atoms with Crippen LogP contribution in [0.4, 0.5) is 26.3 Å². The lowest BCUT2D eigenvalue weighted by Gasteiger charge is -2.16. The standard InChI is InChI=1S/C25H18F6O7/c1-13(2)21(32)36-10-9-35-15-5-7-17(18(11-15)24(26,27)28)23(34)37-16-6-8-20(38-22(33)14(3)4)19(12-16)25(29,30)31/h5-12H,1,3H2,2,4H3. The summed E-state index contributed by atoms with van der Waals surface area (Å²) in [4.78, 5) is 35.4. The van der Waals surface area contributed by atoms with Crippen molar-refractivity contribution >= 4 is 17.9 Å². The van der Waals surface area contributed by atoms with Crippen LogP contribution in [0.5, 0.6) is 17.2 Å². The van der Waals surface area contributed by atoms with Gasteiger partial charge in [-0.1, -0.05) is 13.2 Å². The van der Waals surface area contributed by atoms with E-state index in [0.29, 0.717) is 24.3 Å². The number of ether oxygens (including phenoxy) is 4. The number of esters is 3. The Kier molecular flexibility index (Phi) is 9.11. The zero-order chi connectivity index (χ0) is 28.8. The Balaban J connectivity index is 2.33. The maximum atomic E-state index is 13.6. The minimum atomic E-state index is -5.10. The minimum absolute atomic E-state index is 0.0572. The Morgan fingerprint density at radius 2 is 1.29 bits per heavy atom. The lowest BCUT2D eigenvalue weighted by molar-refractivity contribution is -0.141. The van der Waals surface area contributed by atoms with E-state index in [-0.39, 0.29) is 11.1 Å². The number of halogens is 6. The highest BCUT2D eigenvalue weighted by Crippen LogP contribution is 2.39. The molecule has 0 bridgehead atoms. The van der Waals surface area contributed by atoms with Crippen LogP contribution < -0.4 is 14.2 Å². The minimum Gasteiger partial charge on any atom is -0.462 e. The van der Waals surface area contributed by atoms with E-state index in [0.717, 1.165) is 24.7 Å². The quantitative estimate of drug-likeness (QED) is 0.125. The van der Waals surface area contributed by atoms with Crippen LogP contribution >= 0.6 is 0 Å². The summed E-state index contributed by atoms with van der Waals surface area (Å²) >= 11 is 0. The smallest absolute Gasteiger partial charge is 0.420 e. The highest BCUT2D eigenvalue weighted by molar-refractivity contribution is 5.93. The number of carbonyl (C=O) groups is 3. The third-order valence-electron chi connectivity index (χ3n) is 4.32. The fraction of sp³-hybridized carbons (Fsp3) is 0.160. The molecule has 38 heavy (non-hydrogen) atoms. The summed E-state index contributed by atoms with van der Waals surface area (Å²) in [5.41, 5.74) is -4.20. The molecular formula is C25H18F6O7. The molecule has 0 aliphatic rings. The van der Waals surface area contributed by atoms with Crippen molar-refractivity contribution < 1.29 is 59.7 Å². The van der Waals surface area contributed by atoms with Gasteiger partial charge in [-0.2, -0.15) is 26.3 Å².